The van der Waals surface area contributed by atoms with Gasteiger partial charge in [0.05, 0.1) is 10.2 Å². The number of benzene rings is 4. The number of aromatic nitrogens is 1. The van der Waals surface area contributed by atoms with E-state index in [-0.39, 0.29) is 6.42 Å². The van der Waals surface area contributed by atoms with Crippen LogP contribution < -0.4 is 4.90 Å². The van der Waals surface area contributed by atoms with Gasteiger partial charge >= 0.3 is 5.97 Å². The predicted octanol–water partition coefficient (Wildman–Crippen LogP) is 8.17. The monoisotopic (exact) mass is 476 g/mol. The summed E-state index contributed by atoms with van der Waals surface area (Å²) in [5.41, 5.74) is 6.09. The Labute approximate surface area is 208 Å². The number of hydrogen-bond acceptors (Lipinski definition) is 4. The van der Waals surface area contributed by atoms with Gasteiger partial charge in [0, 0.05) is 23.5 Å². The lowest BCUT2D eigenvalue weighted by Gasteiger charge is -2.25. The van der Waals surface area contributed by atoms with Crippen molar-refractivity contribution in [2.24, 2.45) is 0 Å². The van der Waals surface area contributed by atoms with Crippen molar-refractivity contribution in [2.45, 2.75) is 12.8 Å². The zero-order valence-corrected chi connectivity index (χ0v) is 19.9. The van der Waals surface area contributed by atoms with Crippen LogP contribution in [0.5, 0.6) is 0 Å². The number of anilines is 3. The van der Waals surface area contributed by atoms with Gasteiger partial charge in [-0.3, -0.25) is 4.79 Å². The van der Waals surface area contributed by atoms with Crippen LogP contribution in [0.1, 0.15) is 23.4 Å². The Morgan fingerprint density at radius 2 is 1.31 bits per heavy atom. The van der Waals surface area contributed by atoms with Crippen LogP contribution in [0.2, 0.25) is 0 Å². The molecule has 0 saturated carbocycles. The van der Waals surface area contributed by atoms with Crippen molar-refractivity contribution in [3.63, 3.8) is 0 Å². The number of allylic oxidation sites excluding steroid dienone is 1. The fourth-order valence-corrected chi connectivity index (χ4v) is 5.02. The molecule has 4 aromatic carbocycles. The third-order valence-corrected chi connectivity index (χ3v) is 6.81. The number of para-hydroxylation sites is 3. The van der Waals surface area contributed by atoms with Crippen LogP contribution in [0.25, 0.3) is 21.9 Å². The maximum absolute atomic E-state index is 11.3. The molecule has 0 amide bonds. The molecule has 5 rings (SSSR count). The van der Waals surface area contributed by atoms with Crippen molar-refractivity contribution >= 4 is 56.2 Å². The van der Waals surface area contributed by atoms with Crippen LogP contribution in [-0.4, -0.2) is 16.1 Å². The fraction of sp³-hybridized carbons (Fsp3) is 0.0667. The van der Waals surface area contributed by atoms with Gasteiger partial charge in [0.15, 0.2) is 0 Å². The number of rotatable bonds is 8. The molecule has 1 aromatic heterocycles. The summed E-state index contributed by atoms with van der Waals surface area (Å²) >= 11 is 1.60. The highest BCUT2D eigenvalue weighted by Gasteiger charge is 2.13. The number of thiazole rings is 1. The number of carboxylic acid groups (broad SMARTS) is 1. The van der Waals surface area contributed by atoms with Gasteiger partial charge in [-0.05, 0) is 72.2 Å². The highest BCUT2D eigenvalue weighted by molar-refractivity contribution is 7.19. The Kier molecular flexibility index (Phi) is 6.68. The van der Waals surface area contributed by atoms with E-state index in [2.05, 4.69) is 59.5 Å². The van der Waals surface area contributed by atoms with Crippen molar-refractivity contribution in [3.05, 3.63) is 120 Å². The lowest BCUT2D eigenvalue weighted by Crippen LogP contribution is -2.09. The van der Waals surface area contributed by atoms with Crippen molar-refractivity contribution in [3.8, 4) is 0 Å². The smallest absolute Gasteiger partial charge is 0.303 e. The molecule has 0 radical (unpaired) electrons. The van der Waals surface area contributed by atoms with Crippen molar-refractivity contribution in [1.29, 1.82) is 0 Å². The Hall–Kier alpha value is -4.22. The number of nitrogens with zero attached hydrogens (tertiary/aromatic N) is 2. The Morgan fingerprint density at radius 1 is 0.743 bits per heavy atom. The van der Waals surface area contributed by atoms with Gasteiger partial charge in [-0.15, -0.1) is 11.3 Å². The third kappa shape index (κ3) is 5.31. The molecule has 0 bridgehead atoms. The summed E-state index contributed by atoms with van der Waals surface area (Å²) < 4.78 is 1.10. The Morgan fingerprint density at radius 3 is 1.91 bits per heavy atom. The van der Waals surface area contributed by atoms with E-state index in [1.165, 1.54) is 0 Å². The van der Waals surface area contributed by atoms with Crippen molar-refractivity contribution in [1.82, 2.24) is 4.98 Å². The summed E-state index contributed by atoms with van der Waals surface area (Å²) in [6.07, 6.45) is 2.55. The molecule has 1 N–H and O–H groups in total. The largest absolute Gasteiger partial charge is 0.481 e. The molecule has 0 aliphatic heterocycles. The second-order valence-corrected chi connectivity index (χ2v) is 9.18. The van der Waals surface area contributed by atoms with E-state index < -0.39 is 5.97 Å². The van der Waals surface area contributed by atoms with Gasteiger partial charge in [-0.1, -0.05) is 60.7 Å². The van der Waals surface area contributed by atoms with Gasteiger partial charge in [0.25, 0.3) is 0 Å². The standard InChI is InChI=1S/C30H24N2O2S/c33-29(34)20-17-23(30-31-27-13-7-8-14-28(27)35-30)21-22-15-18-26(19-16-22)32(24-9-3-1-4-10-24)25-11-5-2-6-12-25/h1-16,18-19,21H,17,20H2,(H,33,34). The summed E-state index contributed by atoms with van der Waals surface area (Å²) in [5.74, 6) is -0.811. The van der Waals surface area contributed by atoms with Gasteiger partial charge in [-0.2, -0.15) is 0 Å². The molecule has 172 valence electrons. The van der Waals surface area contributed by atoms with E-state index in [0.29, 0.717) is 6.42 Å². The fourth-order valence-electron chi connectivity index (χ4n) is 4.01. The first kappa shape index (κ1) is 22.6. The number of aliphatic carboxylic acids is 1. The lowest BCUT2D eigenvalue weighted by molar-refractivity contribution is -0.136. The Balaban J connectivity index is 1.50. The zero-order valence-electron chi connectivity index (χ0n) is 19.0. The summed E-state index contributed by atoms with van der Waals surface area (Å²) in [6, 6.07) is 36.9. The van der Waals surface area contributed by atoms with Crippen LogP contribution in [0.4, 0.5) is 17.1 Å². The predicted molar refractivity (Wildman–Crippen MR) is 145 cm³/mol. The molecule has 0 saturated heterocycles. The average Bonchev–Trinajstić information content (AvgIpc) is 3.33. The number of carboxylic acids is 1. The number of fused-ring (bicyclic) bond motifs is 1. The topological polar surface area (TPSA) is 53.4 Å². The van der Waals surface area contributed by atoms with Gasteiger partial charge in [0.2, 0.25) is 0 Å². The van der Waals surface area contributed by atoms with E-state index in [9.17, 15) is 9.90 Å². The minimum Gasteiger partial charge on any atom is -0.481 e. The van der Waals surface area contributed by atoms with Gasteiger partial charge in [0.1, 0.15) is 5.01 Å². The van der Waals surface area contributed by atoms with E-state index in [4.69, 9.17) is 4.98 Å². The number of hydrogen-bond donors (Lipinski definition) is 1. The maximum atomic E-state index is 11.3. The highest BCUT2D eigenvalue weighted by atomic mass is 32.1. The van der Waals surface area contributed by atoms with E-state index >= 15 is 0 Å². The summed E-state index contributed by atoms with van der Waals surface area (Å²) in [5, 5.41) is 10.1. The molecule has 0 aliphatic rings. The molecule has 0 unspecified atom stereocenters. The quantitative estimate of drug-likeness (QED) is 0.245. The normalized spacial score (nSPS) is 11.5. The molecule has 0 atom stereocenters. The molecule has 5 aromatic rings. The summed E-state index contributed by atoms with van der Waals surface area (Å²) in [4.78, 5) is 18.3. The Bertz CT molecular complexity index is 1390. The lowest BCUT2D eigenvalue weighted by atomic mass is 10.1. The van der Waals surface area contributed by atoms with Crippen LogP contribution in [-0.2, 0) is 4.79 Å². The second-order valence-electron chi connectivity index (χ2n) is 8.15. The minimum atomic E-state index is -0.811. The molecule has 0 spiro atoms. The maximum Gasteiger partial charge on any atom is 0.303 e. The van der Waals surface area contributed by atoms with Gasteiger partial charge < -0.3 is 10.0 Å². The first-order chi connectivity index (χ1) is 17.2. The van der Waals surface area contributed by atoms with Crippen LogP contribution >= 0.6 is 11.3 Å². The van der Waals surface area contributed by atoms with E-state index in [1.54, 1.807) is 11.3 Å². The minimum absolute atomic E-state index is 0.0651. The molecule has 0 aliphatic carbocycles. The van der Waals surface area contributed by atoms with Crippen LogP contribution in [0.15, 0.2) is 109 Å². The van der Waals surface area contributed by atoms with Crippen molar-refractivity contribution < 1.29 is 9.90 Å². The summed E-state index contributed by atoms with van der Waals surface area (Å²) in [7, 11) is 0. The molecule has 0 fully saturated rings. The van der Waals surface area contributed by atoms with Gasteiger partial charge in [-0.25, -0.2) is 4.98 Å². The molecule has 1 heterocycles. The van der Waals surface area contributed by atoms with E-state index in [1.807, 2.05) is 60.7 Å². The van der Waals surface area contributed by atoms with Crippen LogP contribution in [0, 0.1) is 0 Å². The first-order valence-electron chi connectivity index (χ1n) is 11.5. The molecular weight excluding hydrogens is 452 g/mol. The molecule has 4 nitrogen and oxygen atoms in total. The zero-order chi connectivity index (χ0) is 24.0. The highest BCUT2D eigenvalue weighted by Crippen LogP contribution is 2.35. The van der Waals surface area contributed by atoms with Crippen LogP contribution in [0.3, 0.4) is 0 Å². The average molecular weight is 477 g/mol. The van der Waals surface area contributed by atoms with E-state index in [0.717, 1.165) is 43.4 Å². The second kappa shape index (κ2) is 10.4. The molecular formula is C30H24N2O2S. The first-order valence-corrected chi connectivity index (χ1v) is 12.3. The molecule has 5 heteroatoms. The van der Waals surface area contributed by atoms with Crippen molar-refractivity contribution in [2.75, 3.05) is 4.90 Å². The number of carbonyl (C=O) groups is 1. The third-order valence-electron chi connectivity index (χ3n) is 5.70. The summed E-state index contributed by atoms with van der Waals surface area (Å²) in [6.45, 7) is 0. The SMILES string of the molecule is O=C(O)CCC(=Cc1ccc(N(c2ccccc2)c2ccccc2)cc1)c1nc2ccccc2s1. The molecule has 35 heavy (non-hydrogen) atoms.